The first-order chi connectivity index (χ1) is 14.2. The summed E-state index contributed by atoms with van der Waals surface area (Å²) in [6.45, 7) is 9.79. The van der Waals surface area contributed by atoms with Crippen molar-refractivity contribution in [2.45, 2.75) is 52.1 Å². The van der Waals surface area contributed by atoms with Gasteiger partial charge in [0.2, 0.25) is 5.91 Å². The number of carbonyl (C=O) groups excluding carboxylic acids is 2. The summed E-state index contributed by atoms with van der Waals surface area (Å²) in [6.07, 6.45) is 3.59. The van der Waals surface area contributed by atoms with Gasteiger partial charge in [-0.2, -0.15) is 0 Å². The summed E-state index contributed by atoms with van der Waals surface area (Å²) in [4.78, 5) is 42.3. The number of aryl methyl sites for hydroxylation is 2. The molecule has 30 heavy (non-hydrogen) atoms. The molecule has 1 unspecified atom stereocenters. The molecule has 9 nitrogen and oxygen atoms in total. The number of anilines is 2. The molecule has 0 saturated carbocycles. The zero-order valence-corrected chi connectivity index (χ0v) is 18.5. The predicted molar refractivity (Wildman–Crippen MR) is 116 cm³/mol. The Morgan fingerprint density at radius 2 is 2.03 bits per heavy atom. The van der Waals surface area contributed by atoms with Crippen LogP contribution in [-0.2, 0) is 4.79 Å². The fourth-order valence-electron chi connectivity index (χ4n) is 4.22. The minimum atomic E-state index is -0.227. The van der Waals surface area contributed by atoms with Gasteiger partial charge in [0.15, 0.2) is 5.13 Å². The van der Waals surface area contributed by atoms with Crippen molar-refractivity contribution in [1.29, 1.82) is 0 Å². The second-order valence-electron chi connectivity index (χ2n) is 8.17. The highest BCUT2D eigenvalue weighted by Gasteiger charge is 2.46. The molecule has 3 amide bonds. The van der Waals surface area contributed by atoms with Crippen LogP contribution in [0.5, 0.6) is 0 Å². The van der Waals surface area contributed by atoms with E-state index >= 15 is 0 Å². The Morgan fingerprint density at radius 1 is 1.30 bits per heavy atom. The Labute approximate surface area is 179 Å². The number of carbonyl (C=O) groups is 2. The monoisotopic (exact) mass is 429 g/mol. The molecule has 4 heterocycles. The maximum atomic E-state index is 12.7. The molecule has 2 N–H and O–H groups in total. The number of hydrogen-bond donors (Lipinski definition) is 2. The zero-order valence-electron chi connectivity index (χ0n) is 17.7. The van der Waals surface area contributed by atoms with Gasteiger partial charge < -0.3 is 10.6 Å². The fourth-order valence-corrected chi connectivity index (χ4v) is 5.17. The Balaban J connectivity index is 1.41. The van der Waals surface area contributed by atoms with Gasteiger partial charge in [0, 0.05) is 48.9 Å². The van der Waals surface area contributed by atoms with E-state index in [0.717, 1.165) is 36.5 Å². The number of thiazole rings is 1. The number of aromatic nitrogens is 3. The third-order valence-electron chi connectivity index (χ3n) is 5.83. The summed E-state index contributed by atoms with van der Waals surface area (Å²) in [5, 5.41) is 6.60. The molecule has 1 atom stereocenters. The fraction of sp³-hybridized carbons (Fsp3) is 0.550. The Morgan fingerprint density at radius 3 is 2.70 bits per heavy atom. The lowest BCUT2D eigenvalue weighted by molar-refractivity contribution is -0.114. The highest BCUT2D eigenvalue weighted by atomic mass is 32.1. The first-order valence-electron chi connectivity index (χ1n) is 10.1. The van der Waals surface area contributed by atoms with Crippen LogP contribution in [0.3, 0.4) is 0 Å². The predicted octanol–water partition coefficient (Wildman–Crippen LogP) is 2.63. The van der Waals surface area contributed by atoms with Crippen LogP contribution in [-0.4, -0.2) is 57.0 Å². The van der Waals surface area contributed by atoms with Gasteiger partial charge in [0.1, 0.15) is 11.6 Å². The molecule has 1 spiro atoms. The van der Waals surface area contributed by atoms with E-state index < -0.39 is 0 Å². The summed E-state index contributed by atoms with van der Waals surface area (Å²) < 4.78 is 0. The molecule has 160 valence electrons. The van der Waals surface area contributed by atoms with E-state index in [1.54, 1.807) is 4.90 Å². The minimum absolute atomic E-state index is 0.0867. The van der Waals surface area contributed by atoms with Crippen molar-refractivity contribution >= 4 is 34.2 Å². The minimum Gasteiger partial charge on any atom is -0.330 e. The van der Waals surface area contributed by atoms with Crippen LogP contribution in [0.4, 0.5) is 15.7 Å². The van der Waals surface area contributed by atoms with Crippen molar-refractivity contribution in [3.05, 3.63) is 28.7 Å². The topological polar surface area (TPSA) is 103 Å². The van der Waals surface area contributed by atoms with Gasteiger partial charge in [0.05, 0.1) is 12.1 Å². The molecule has 2 fully saturated rings. The summed E-state index contributed by atoms with van der Waals surface area (Å²) >= 11 is 1.51. The molecule has 0 aromatic carbocycles. The lowest BCUT2D eigenvalue weighted by Crippen LogP contribution is -2.52. The van der Waals surface area contributed by atoms with Crippen LogP contribution < -0.4 is 15.5 Å². The summed E-state index contributed by atoms with van der Waals surface area (Å²) in [5.74, 6) is 1.23. The zero-order chi connectivity index (χ0) is 21.5. The number of likely N-dealkylation sites (tertiary alicyclic amines) is 1. The van der Waals surface area contributed by atoms with Crippen LogP contribution in [0, 0.1) is 13.8 Å². The molecule has 4 rings (SSSR count). The van der Waals surface area contributed by atoms with Gasteiger partial charge in [-0.3, -0.25) is 14.6 Å². The number of urea groups is 1. The molecule has 2 aromatic heterocycles. The maximum Gasteiger partial charge on any atom is 0.323 e. The molecule has 2 aromatic rings. The van der Waals surface area contributed by atoms with Crippen molar-refractivity contribution in [2.24, 2.45) is 0 Å². The van der Waals surface area contributed by atoms with Crippen LogP contribution in [0.15, 0.2) is 12.3 Å². The molecule has 0 bridgehead atoms. The Bertz CT molecular complexity index is 948. The first kappa shape index (κ1) is 20.7. The lowest BCUT2D eigenvalue weighted by Gasteiger charge is -2.41. The SMILES string of the molecule is CC(=O)Nc1ncc(C(C)N2CCC3(CC2)CN(c2cc(C)nc(C)n2)C(=O)N3)s1. The lowest BCUT2D eigenvalue weighted by atomic mass is 9.87. The van der Waals surface area contributed by atoms with Gasteiger partial charge in [-0.05, 0) is 33.6 Å². The van der Waals surface area contributed by atoms with Gasteiger partial charge >= 0.3 is 6.03 Å². The molecular weight excluding hydrogens is 402 g/mol. The second kappa shape index (κ2) is 7.92. The standard InChI is InChI=1S/C20H27N7O2S/c1-12-9-17(23-14(3)22-12)27-11-20(25-19(27)29)5-7-26(8-6-20)13(2)16-10-21-18(30-16)24-15(4)28/h9-10,13H,5-8,11H2,1-4H3,(H,25,29)(H,21,24,28). The molecule has 0 aliphatic carbocycles. The third-order valence-corrected chi connectivity index (χ3v) is 6.91. The second-order valence-corrected chi connectivity index (χ2v) is 9.23. The average Bonchev–Trinajstić information content (AvgIpc) is 3.25. The molecule has 0 radical (unpaired) electrons. The van der Waals surface area contributed by atoms with Gasteiger partial charge in [-0.1, -0.05) is 0 Å². The summed E-state index contributed by atoms with van der Waals surface area (Å²) in [6, 6.07) is 1.98. The molecule has 2 saturated heterocycles. The third kappa shape index (κ3) is 4.15. The van der Waals surface area contributed by atoms with Gasteiger partial charge in [0.25, 0.3) is 0 Å². The largest absolute Gasteiger partial charge is 0.330 e. The smallest absolute Gasteiger partial charge is 0.323 e. The van der Waals surface area contributed by atoms with Gasteiger partial charge in [-0.15, -0.1) is 11.3 Å². The van der Waals surface area contributed by atoms with E-state index in [2.05, 4.69) is 37.4 Å². The van der Waals surface area contributed by atoms with Crippen molar-refractivity contribution in [2.75, 3.05) is 29.9 Å². The molecule has 2 aliphatic heterocycles. The van der Waals surface area contributed by atoms with E-state index in [0.29, 0.717) is 23.3 Å². The van der Waals surface area contributed by atoms with E-state index in [-0.39, 0.29) is 23.5 Å². The number of nitrogens with one attached hydrogen (secondary N) is 2. The maximum absolute atomic E-state index is 12.7. The molecular formula is C20H27N7O2S. The van der Waals surface area contributed by atoms with Crippen LogP contribution in [0.25, 0.3) is 0 Å². The highest BCUT2D eigenvalue weighted by molar-refractivity contribution is 7.15. The molecule has 2 aliphatic rings. The van der Waals surface area contributed by atoms with Crippen molar-refractivity contribution in [3.63, 3.8) is 0 Å². The number of piperidine rings is 1. The van der Waals surface area contributed by atoms with Crippen LogP contribution >= 0.6 is 11.3 Å². The van der Waals surface area contributed by atoms with E-state index in [1.165, 1.54) is 18.3 Å². The normalized spacial score (nSPS) is 19.7. The number of amides is 3. The van der Waals surface area contributed by atoms with Gasteiger partial charge in [-0.25, -0.2) is 19.7 Å². The number of hydrogen-bond acceptors (Lipinski definition) is 7. The van der Waals surface area contributed by atoms with Crippen molar-refractivity contribution < 1.29 is 9.59 Å². The van der Waals surface area contributed by atoms with E-state index in [1.807, 2.05) is 26.1 Å². The Hall–Kier alpha value is -2.59. The van der Waals surface area contributed by atoms with E-state index in [4.69, 9.17) is 0 Å². The summed E-state index contributed by atoms with van der Waals surface area (Å²) in [7, 11) is 0. The quantitative estimate of drug-likeness (QED) is 0.774. The first-order valence-corrected chi connectivity index (χ1v) is 11.0. The summed E-state index contributed by atoms with van der Waals surface area (Å²) in [5.41, 5.74) is 0.632. The van der Waals surface area contributed by atoms with Crippen molar-refractivity contribution in [3.8, 4) is 0 Å². The molecule has 10 heteroatoms. The van der Waals surface area contributed by atoms with E-state index in [9.17, 15) is 9.59 Å². The van der Waals surface area contributed by atoms with Crippen molar-refractivity contribution in [1.82, 2.24) is 25.2 Å². The Kier molecular flexibility index (Phi) is 5.46. The van der Waals surface area contributed by atoms with Crippen LogP contribution in [0.1, 0.15) is 49.1 Å². The number of nitrogens with zero attached hydrogens (tertiary/aromatic N) is 5. The average molecular weight is 430 g/mol. The number of rotatable bonds is 4. The highest BCUT2D eigenvalue weighted by Crippen LogP contribution is 2.35. The van der Waals surface area contributed by atoms with Crippen LogP contribution in [0.2, 0.25) is 0 Å².